The first-order valence-corrected chi connectivity index (χ1v) is 9.16. The lowest BCUT2D eigenvalue weighted by molar-refractivity contribution is -0.225. The van der Waals surface area contributed by atoms with Crippen molar-refractivity contribution in [3.63, 3.8) is 0 Å². The van der Waals surface area contributed by atoms with Gasteiger partial charge in [0.25, 0.3) is 0 Å². The van der Waals surface area contributed by atoms with E-state index in [0.717, 1.165) is 19.3 Å². The van der Waals surface area contributed by atoms with Crippen molar-refractivity contribution in [3.05, 3.63) is 22.8 Å². The van der Waals surface area contributed by atoms with Gasteiger partial charge in [-0.2, -0.15) is 0 Å². The number of esters is 2. The zero-order chi connectivity index (χ0) is 18.6. The Balaban J connectivity index is 2.12. The van der Waals surface area contributed by atoms with Crippen molar-refractivity contribution in [2.45, 2.75) is 72.2 Å². The standard InChI is InChI=1S/C20H28O5/c1-6-11(2)17(21)24-16-15-13(4)18(22)25-20(15,23)10-14-9-7-8-12(3)19(14,16)5/h6,12,14,16,23H,7-10H2,1-5H3. The molecule has 0 amide bonds. The Morgan fingerprint density at radius 1 is 1.40 bits per heavy atom. The number of ether oxygens (including phenoxy) is 2. The normalized spacial score (nSPS) is 41.1. The van der Waals surface area contributed by atoms with Gasteiger partial charge in [-0.15, -0.1) is 0 Å². The zero-order valence-electron chi connectivity index (χ0n) is 15.7. The molecule has 3 rings (SSSR count). The third kappa shape index (κ3) is 2.55. The lowest BCUT2D eigenvalue weighted by atomic mass is 9.52. The predicted molar refractivity (Wildman–Crippen MR) is 92.3 cm³/mol. The number of rotatable bonds is 2. The van der Waals surface area contributed by atoms with E-state index in [9.17, 15) is 14.7 Å². The quantitative estimate of drug-likeness (QED) is 0.612. The molecular formula is C20H28O5. The molecule has 0 radical (unpaired) electrons. The smallest absolute Gasteiger partial charge is 0.336 e. The highest BCUT2D eigenvalue weighted by atomic mass is 16.7. The summed E-state index contributed by atoms with van der Waals surface area (Å²) in [7, 11) is 0. The number of hydrogen-bond donors (Lipinski definition) is 1. The van der Waals surface area contributed by atoms with Gasteiger partial charge in [-0.25, -0.2) is 9.59 Å². The maximum absolute atomic E-state index is 12.5. The van der Waals surface area contributed by atoms with Gasteiger partial charge in [0.1, 0.15) is 6.10 Å². The van der Waals surface area contributed by atoms with Gasteiger partial charge in [0, 0.05) is 23.0 Å². The van der Waals surface area contributed by atoms with Crippen LogP contribution >= 0.6 is 0 Å². The second kappa shape index (κ2) is 5.97. The Morgan fingerprint density at radius 2 is 2.08 bits per heavy atom. The first kappa shape index (κ1) is 18.2. The monoisotopic (exact) mass is 348 g/mol. The molecule has 0 spiro atoms. The van der Waals surface area contributed by atoms with Crippen molar-refractivity contribution >= 4 is 11.9 Å². The van der Waals surface area contributed by atoms with E-state index in [4.69, 9.17) is 9.47 Å². The summed E-state index contributed by atoms with van der Waals surface area (Å²) in [5.41, 5.74) is 1.01. The molecule has 5 unspecified atom stereocenters. The lowest BCUT2D eigenvalue weighted by Gasteiger charge is -2.56. The summed E-state index contributed by atoms with van der Waals surface area (Å²) in [5.74, 6) is -2.12. The summed E-state index contributed by atoms with van der Waals surface area (Å²) in [4.78, 5) is 24.7. The molecule has 5 atom stereocenters. The minimum absolute atomic E-state index is 0.132. The number of aliphatic hydroxyl groups is 1. The first-order valence-electron chi connectivity index (χ1n) is 9.16. The summed E-state index contributed by atoms with van der Waals surface area (Å²) in [6.07, 6.45) is 4.48. The van der Waals surface area contributed by atoms with Crippen LogP contribution in [-0.4, -0.2) is 28.9 Å². The fourth-order valence-electron chi connectivity index (χ4n) is 4.88. The highest BCUT2D eigenvalue weighted by molar-refractivity contribution is 5.93. The molecule has 1 heterocycles. The SMILES string of the molecule is CC=C(C)C(=O)OC1C2=C(C)C(=O)OC2(O)CC2CCCC(C)C21C. The maximum atomic E-state index is 12.5. The van der Waals surface area contributed by atoms with Crippen molar-refractivity contribution in [1.29, 1.82) is 0 Å². The molecule has 5 heteroatoms. The molecule has 0 bridgehead atoms. The predicted octanol–water partition coefficient (Wildman–Crippen LogP) is 3.27. The average molecular weight is 348 g/mol. The zero-order valence-corrected chi connectivity index (χ0v) is 15.7. The Bertz CT molecular complexity index is 676. The number of carbonyl (C=O) groups is 2. The topological polar surface area (TPSA) is 72.8 Å². The highest BCUT2D eigenvalue weighted by Gasteiger charge is 2.64. The molecule has 2 aliphatic carbocycles. The summed E-state index contributed by atoms with van der Waals surface area (Å²) in [6.45, 7) is 9.45. The Labute approximate surface area is 149 Å². The molecule has 0 aromatic heterocycles. The van der Waals surface area contributed by atoms with E-state index >= 15 is 0 Å². The third-order valence-corrected chi connectivity index (χ3v) is 6.85. The molecule has 0 aromatic rings. The van der Waals surface area contributed by atoms with Crippen LogP contribution in [0.1, 0.15) is 60.3 Å². The van der Waals surface area contributed by atoms with Crippen LogP contribution in [0.2, 0.25) is 0 Å². The van der Waals surface area contributed by atoms with Gasteiger partial charge >= 0.3 is 11.9 Å². The molecular weight excluding hydrogens is 320 g/mol. The minimum Gasteiger partial charge on any atom is -0.454 e. The van der Waals surface area contributed by atoms with Crippen LogP contribution in [0, 0.1) is 17.3 Å². The maximum Gasteiger partial charge on any atom is 0.336 e. The molecule has 0 aromatic carbocycles. The van der Waals surface area contributed by atoms with E-state index in [1.165, 1.54) is 0 Å². The van der Waals surface area contributed by atoms with Gasteiger partial charge in [-0.1, -0.05) is 32.8 Å². The average Bonchev–Trinajstić information content (AvgIpc) is 2.78. The van der Waals surface area contributed by atoms with Crippen LogP contribution in [-0.2, 0) is 19.1 Å². The van der Waals surface area contributed by atoms with E-state index in [1.54, 1.807) is 26.8 Å². The summed E-state index contributed by atoms with van der Waals surface area (Å²) in [6, 6.07) is 0. The number of allylic oxidation sites excluding steroid dienone is 1. The van der Waals surface area contributed by atoms with Gasteiger partial charge in [0.15, 0.2) is 0 Å². The second-order valence-corrected chi connectivity index (χ2v) is 8.07. The summed E-state index contributed by atoms with van der Waals surface area (Å²) in [5, 5.41) is 11.1. The molecule has 1 aliphatic heterocycles. The van der Waals surface area contributed by atoms with Crippen molar-refractivity contribution in [3.8, 4) is 0 Å². The second-order valence-electron chi connectivity index (χ2n) is 8.07. The van der Waals surface area contributed by atoms with Crippen LogP contribution in [0.4, 0.5) is 0 Å². The number of carbonyl (C=O) groups excluding carboxylic acids is 2. The summed E-state index contributed by atoms with van der Waals surface area (Å²) >= 11 is 0. The van der Waals surface area contributed by atoms with E-state index in [1.807, 2.05) is 0 Å². The van der Waals surface area contributed by atoms with E-state index < -0.39 is 23.8 Å². The fourth-order valence-corrected chi connectivity index (χ4v) is 4.88. The largest absolute Gasteiger partial charge is 0.454 e. The van der Waals surface area contributed by atoms with Crippen molar-refractivity contribution in [1.82, 2.24) is 0 Å². The highest BCUT2D eigenvalue weighted by Crippen LogP contribution is 2.60. The van der Waals surface area contributed by atoms with Crippen molar-refractivity contribution < 1.29 is 24.2 Å². The van der Waals surface area contributed by atoms with Crippen LogP contribution < -0.4 is 0 Å². The van der Waals surface area contributed by atoms with E-state index in [2.05, 4.69) is 13.8 Å². The molecule has 25 heavy (non-hydrogen) atoms. The van der Waals surface area contributed by atoms with Gasteiger partial charge in [0.05, 0.1) is 5.57 Å². The van der Waals surface area contributed by atoms with E-state index in [-0.39, 0.29) is 11.3 Å². The molecule has 2 fully saturated rings. The van der Waals surface area contributed by atoms with Gasteiger partial charge < -0.3 is 14.6 Å². The van der Waals surface area contributed by atoms with Crippen molar-refractivity contribution in [2.24, 2.45) is 17.3 Å². The van der Waals surface area contributed by atoms with Gasteiger partial charge in [-0.05, 0) is 39.0 Å². The molecule has 0 saturated heterocycles. The van der Waals surface area contributed by atoms with E-state index in [0.29, 0.717) is 29.1 Å². The molecule has 1 N–H and O–H groups in total. The minimum atomic E-state index is -1.64. The van der Waals surface area contributed by atoms with Crippen LogP contribution in [0.25, 0.3) is 0 Å². The fraction of sp³-hybridized carbons (Fsp3) is 0.700. The van der Waals surface area contributed by atoms with Crippen LogP contribution in [0.5, 0.6) is 0 Å². The van der Waals surface area contributed by atoms with Gasteiger partial charge in [-0.3, -0.25) is 0 Å². The number of fused-ring (bicyclic) bond motifs is 2. The van der Waals surface area contributed by atoms with Gasteiger partial charge in [0.2, 0.25) is 5.79 Å². The lowest BCUT2D eigenvalue weighted by Crippen LogP contribution is -2.59. The number of hydrogen-bond acceptors (Lipinski definition) is 5. The van der Waals surface area contributed by atoms with Crippen LogP contribution in [0.3, 0.4) is 0 Å². The Hall–Kier alpha value is -1.62. The first-order chi connectivity index (χ1) is 11.6. The Kier molecular flexibility index (Phi) is 4.34. The van der Waals surface area contributed by atoms with Crippen molar-refractivity contribution in [2.75, 3.05) is 0 Å². The van der Waals surface area contributed by atoms with Crippen LogP contribution in [0.15, 0.2) is 22.8 Å². The Morgan fingerprint density at radius 3 is 2.72 bits per heavy atom. The summed E-state index contributed by atoms with van der Waals surface area (Å²) < 4.78 is 11.3. The molecule has 3 aliphatic rings. The molecule has 5 nitrogen and oxygen atoms in total. The molecule has 2 saturated carbocycles. The molecule has 138 valence electrons. The third-order valence-electron chi connectivity index (χ3n) is 6.85.